The second-order valence-electron chi connectivity index (χ2n) is 6.72. The van der Waals surface area contributed by atoms with Crippen LogP contribution in [0.3, 0.4) is 0 Å². The van der Waals surface area contributed by atoms with Crippen molar-refractivity contribution in [2.45, 2.75) is 19.8 Å². The molecule has 0 aliphatic rings. The van der Waals surface area contributed by atoms with Gasteiger partial charge in [0.2, 0.25) is 5.89 Å². The Bertz CT molecular complexity index is 892. The highest BCUT2D eigenvalue weighted by molar-refractivity contribution is 5.66. The van der Waals surface area contributed by atoms with Crippen LogP contribution in [0.15, 0.2) is 65.4 Å². The Hall–Kier alpha value is -3.32. The first-order valence-electron chi connectivity index (χ1n) is 9.99. The maximum atomic E-state index is 10.7. The number of oxazole rings is 1. The van der Waals surface area contributed by atoms with Gasteiger partial charge in [0.25, 0.3) is 0 Å². The molecule has 1 heterocycles. The van der Waals surface area contributed by atoms with E-state index in [1.165, 1.54) is 0 Å². The molecule has 0 aliphatic carbocycles. The first-order chi connectivity index (χ1) is 14.6. The maximum absolute atomic E-state index is 10.7. The van der Waals surface area contributed by atoms with Gasteiger partial charge in [0.05, 0.1) is 19.2 Å². The van der Waals surface area contributed by atoms with Gasteiger partial charge in [0, 0.05) is 18.7 Å². The summed E-state index contributed by atoms with van der Waals surface area (Å²) in [7, 11) is 0. The third-order valence-corrected chi connectivity index (χ3v) is 4.57. The normalized spacial score (nSPS) is 10.9. The van der Waals surface area contributed by atoms with Crippen LogP contribution < -0.4 is 9.47 Å². The number of carboxylic acids is 1. The predicted molar refractivity (Wildman–Crippen MR) is 113 cm³/mol. The lowest BCUT2D eigenvalue weighted by Gasteiger charge is -2.19. The molecular weight excluding hydrogens is 384 g/mol. The van der Waals surface area contributed by atoms with E-state index in [0.29, 0.717) is 19.0 Å². The van der Waals surface area contributed by atoms with Crippen molar-refractivity contribution >= 4 is 5.97 Å². The molecule has 0 amide bonds. The highest BCUT2D eigenvalue weighted by Crippen LogP contribution is 2.26. The largest absolute Gasteiger partial charge is 0.494 e. The van der Waals surface area contributed by atoms with Crippen molar-refractivity contribution < 1.29 is 23.8 Å². The van der Waals surface area contributed by atoms with Gasteiger partial charge in [-0.05, 0) is 61.5 Å². The summed E-state index contributed by atoms with van der Waals surface area (Å²) in [6, 6.07) is 15.0. The number of benzene rings is 2. The lowest BCUT2D eigenvalue weighted by Crippen LogP contribution is -2.28. The molecule has 1 N–H and O–H groups in total. The van der Waals surface area contributed by atoms with Gasteiger partial charge in [-0.25, -0.2) is 4.98 Å². The third-order valence-electron chi connectivity index (χ3n) is 4.57. The van der Waals surface area contributed by atoms with Crippen molar-refractivity contribution in [3.05, 3.63) is 61.0 Å². The number of rotatable bonds is 12. The van der Waals surface area contributed by atoms with Crippen LogP contribution in [0.2, 0.25) is 0 Å². The van der Waals surface area contributed by atoms with E-state index in [1.54, 1.807) is 12.5 Å². The summed E-state index contributed by atoms with van der Waals surface area (Å²) in [5, 5.41) is 8.78. The van der Waals surface area contributed by atoms with Crippen molar-refractivity contribution in [1.29, 1.82) is 0 Å². The van der Waals surface area contributed by atoms with Crippen molar-refractivity contribution in [1.82, 2.24) is 9.88 Å². The minimum absolute atomic E-state index is 0.165. The molecule has 0 radical (unpaired) electrons. The molecule has 30 heavy (non-hydrogen) atoms. The standard InChI is InChI=1S/C23H26N2O5/c1-2-25(15-12-22(26)27)14-3-16-28-19-8-10-21(11-9-19)30-20-6-4-18(5-7-20)23-24-13-17-29-23/h4-11,13,17H,2-3,12,14-16H2,1H3,(H,26,27). The average Bonchev–Trinajstić information content (AvgIpc) is 3.30. The molecule has 0 bridgehead atoms. The summed E-state index contributed by atoms with van der Waals surface area (Å²) in [5.74, 6) is 2.02. The van der Waals surface area contributed by atoms with E-state index in [-0.39, 0.29) is 6.42 Å². The van der Waals surface area contributed by atoms with Crippen LogP contribution in [-0.2, 0) is 4.79 Å². The Labute approximate surface area is 175 Å². The molecular formula is C23H26N2O5. The number of carbonyl (C=O) groups is 1. The van der Waals surface area contributed by atoms with Crippen LogP contribution >= 0.6 is 0 Å². The van der Waals surface area contributed by atoms with Crippen LogP contribution in [0.4, 0.5) is 0 Å². The minimum Gasteiger partial charge on any atom is -0.494 e. The van der Waals surface area contributed by atoms with Gasteiger partial charge in [-0.2, -0.15) is 0 Å². The summed E-state index contributed by atoms with van der Waals surface area (Å²) in [4.78, 5) is 16.9. The van der Waals surface area contributed by atoms with E-state index in [0.717, 1.165) is 42.3 Å². The number of aliphatic carboxylic acids is 1. The second-order valence-corrected chi connectivity index (χ2v) is 6.72. The molecule has 0 fully saturated rings. The van der Waals surface area contributed by atoms with Gasteiger partial charge < -0.3 is 23.9 Å². The van der Waals surface area contributed by atoms with Crippen molar-refractivity contribution in [2.75, 3.05) is 26.2 Å². The fourth-order valence-corrected chi connectivity index (χ4v) is 2.93. The summed E-state index contributed by atoms with van der Waals surface area (Å²) in [6.45, 7) is 4.82. The van der Waals surface area contributed by atoms with Gasteiger partial charge >= 0.3 is 5.97 Å². The molecule has 0 saturated heterocycles. The van der Waals surface area contributed by atoms with Gasteiger partial charge in [-0.3, -0.25) is 4.79 Å². The van der Waals surface area contributed by atoms with Crippen LogP contribution in [0.1, 0.15) is 19.8 Å². The minimum atomic E-state index is -0.766. The van der Waals surface area contributed by atoms with Crippen LogP contribution in [0.25, 0.3) is 11.5 Å². The van der Waals surface area contributed by atoms with E-state index in [1.807, 2.05) is 55.5 Å². The van der Waals surface area contributed by atoms with Crippen LogP contribution in [0.5, 0.6) is 17.2 Å². The molecule has 0 aliphatic heterocycles. The zero-order valence-electron chi connectivity index (χ0n) is 17.0. The topological polar surface area (TPSA) is 85.0 Å². The van der Waals surface area contributed by atoms with Gasteiger partial charge in [-0.1, -0.05) is 6.92 Å². The molecule has 0 saturated carbocycles. The number of nitrogens with zero attached hydrogens (tertiary/aromatic N) is 2. The first-order valence-corrected chi connectivity index (χ1v) is 9.99. The molecule has 0 unspecified atom stereocenters. The Morgan fingerprint density at radius 2 is 1.70 bits per heavy atom. The van der Waals surface area contributed by atoms with Gasteiger partial charge in [-0.15, -0.1) is 0 Å². The van der Waals surface area contributed by atoms with E-state index in [2.05, 4.69) is 9.88 Å². The van der Waals surface area contributed by atoms with Gasteiger partial charge in [0.15, 0.2) is 0 Å². The summed E-state index contributed by atoms with van der Waals surface area (Å²) < 4.78 is 16.9. The number of hydrogen-bond acceptors (Lipinski definition) is 6. The van der Waals surface area contributed by atoms with Crippen molar-refractivity contribution in [2.24, 2.45) is 0 Å². The Morgan fingerprint density at radius 3 is 2.30 bits per heavy atom. The Kier molecular flexibility index (Phi) is 7.86. The van der Waals surface area contributed by atoms with E-state index in [9.17, 15) is 4.79 Å². The fourth-order valence-electron chi connectivity index (χ4n) is 2.93. The second kappa shape index (κ2) is 11.0. The molecule has 3 aromatic rings. The quantitative estimate of drug-likeness (QED) is 0.433. The maximum Gasteiger partial charge on any atom is 0.304 e. The third kappa shape index (κ3) is 6.63. The smallest absolute Gasteiger partial charge is 0.304 e. The number of hydrogen-bond donors (Lipinski definition) is 1. The van der Waals surface area contributed by atoms with Crippen molar-refractivity contribution in [3.63, 3.8) is 0 Å². The van der Waals surface area contributed by atoms with Crippen LogP contribution in [0, 0.1) is 0 Å². The zero-order valence-corrected chi connectivity index (χ0v) is 17.0. The van der Waals surface area contributed by atoms with E-state index < -0.39 is 5.97 Å². The Morgan fingerprint density at radius 1 is 1.03 bits per heavy atom. The average molecular weight is 410 g/mol. The lowest BCUT2D eigenvalue weighted by atomic mass is 10.2. The monoisotopic (exact) mass is 410 g/mol. The zero-order chi connectivity index (χ0) is 21.2. The molecule has 2 aromatic carbocycles. The van der Waals surface area contributed by atoms with Crippen molar-refractivity contribution in [3.8, 4) is 28.7 Å². The number of ether oxygens (including phenoxy) is 2. The Balaban J connectivity index is 1.42. The van der Waals surface area contributed by atoms with E-state index >= 15 is 0 Å². The highest BCUT2D eigenvalue weighted by Gasteiger charge is 2.06. The lowest BCUT2D eigenvalue weighted by molar-refractivity contribution is -0.137. The van der Waals surface area contributed by atoms with Crippen LogP contribution in [-0.4, -0.2) is 47.2 Å². The predicted octanol–water partition coefficient (Wildman–Crippen LogP) is 4.70. The molecule has 3 rings (SSSR count). The fraction of sp³-hybridized carbons (Fsp3) is 0.304. The molecule has 1 aromatic heterocycles. The molecule has 158 valence electrons. The molecule has 7 heteroatoms. The number of aromatic nitrogens is 1. The summed E-state index contributed by atoms with van der Waals surface area (Å²) >= 11 is 0. The summed E-state index contributed by atoms with van der Waals surface area (Å²) in [6.07, 6.45) is 4.16. The molecule has 7 nitrogen and oxygen atoms in total. The summed E-state index contributed by atoms with van der Waals surface area (Å²) in [5.41, 5.74) is 0.890. The van der Waals surface area contributed by atoms with Gasteiger partial charge in [0.1, 0.15) is 23.5 Å². The van der Waals surface area contributed by atoms with E-state index in [4.69, 9.17) is 19.0 Å². The molecule has 0 spiro atoms. The SMILES string of the molecule is CCN(CCCOc1ccc(Oc2ccc(-c3ncco3)cc2)cc1)CCC(=O)O. The first kappa shape index (κ1) is 21.4. The molecule has 0 atom stereocenters. The number of carboxylic acid groups (broad SMARTS) is 1. The highest BCUT2D eigenvalue weighted by atomic mass is 16.5.